The zero-order chi connectivity index (χ0) is 10.6. The number of hydrogen-bond acceptors (Lipinski definition) is 5. The molecule has 0 spiro atoms. The van der Waals surface area contributed by atoms with Crippen molar-refractivity contribution in [1.29, 1.82) is 0 Å². The average Bonchev–Trinajstić information content (AvgIpc) is 2.67. The predicted octanol–water partition coefficient (Wildman–Crippen LogP) is 2.01. The first kappa shape index (κ1) is 11.2. The van der Waals surface area contributed by atoms with Crippen molar-refractivity contribution in [2.75, 3.05) is 13.8 Å². The van der Waals surface area contributed by atoms with Gasteiger partial charge in [0.15, 0.2) is 12.4 Å². The molecular weight excluding hydrogens is 207 g/mol. The lowest BCUT2D eigenvalue weighted by atomic mass is 10.3. The Morgan fingerprint density at radius 2 is 2.36 bits per heavy atom. The average molecular weight is 218 g/mol. The van der Waals surface area contributed by atoms with Crippen molar-refractivity contribution in [3.8, 4) is 0 Å². The highest BCUT2D eigenvalue weighted by atomic mass is 31.2. The van der Waals surface area contributed by atoms with E-state index in [9.17, 15) is 9.36 Å². The maximum absolute atomic E-state index is 11.4. The topological polar surface area (TPSA) is 65.7 Å². The highest BCUT2D eigenvalue weighted by Crippen LogP contribution is 2.46. The van der Waals surface area contributed by atoms with E-state index in [2.05, 4.69) is 4.52 Å². The molecule has 0 bridgehead atoms. The van der Waals surface area contributed by atoms with Gasteiger partial charge in [0.05, 0.1) is 6.26 Å². The van der Waals surface area contributed by atoms with E-state index in [1.807, 2.05) is 0 Å². The van der Waals surface area contributed by atoms with E-state index in [0.29, 0.717) is 12.0 Å². The fourth-order valence-electron chi connectivity index (χ4n) is 0.846. The molecule has 78 valence electrons. The molecule has 5 nitrogen and oxygen atoms in total. The predicted molar refractivity (Wildman–Crippen MR) is 49.1 cm³/mol. The second kappa shape index (κ2) is 4.55. The minimum atomic E-state index is -3.18. The molecule has 0 fully saturated rings. The molecule has 1 aromatic heterocycles. The molecule has 14 heavy (non-hydrogen) atoms. The van der Waals surface area contributed by atoms with Crippen LogP contribution in [-0.4, -0.2) is 20.1 Å². The maximum Gasteiger partial charge on any atom is 0.328 e. The Hall–Kier alpha value is -0.900. The summed E-state index contributed by atoms with van der Waals surface area (Å²) in [7, 11) is -1.92. The molecule has 1 aromatic rings. The summed E-state index contributed by atoms with van der Waals surface area (Å²) in [6, 6.07) is 3.18. The molecule has 0 saturated heterocycles. The SMILES string of the molecule is COP(C)(=O)OC(C=O)c1ccco1. The summed E-state index contributed by atoms with van der Waals surface area (Å²) in [4.78, 5) is 10.6. The number of aldehydes is 1. The Labute approximate surface area is 81.5 Å². The Morgan fingerprint density at radius 3 is 2.79 bits per heavy atom. The third-order valence-electron chi connectivity index (χ3n) is 1.58. The molecule has 0 saturated carbocycles. The second-order valence-corrected chi connectivity index (χ2v) is 4.75. The summed E-state index contributed by atoms with van der Waals surface area (Å²) in [6.07, 6.45) is 0.928. The van der Waals surface area contributed by atoms with Gasteiger partial charge in [-0.05, 0) is 12.1 Å². The molecule has 0 aromatic carbocycles. The lowest BCUT2D eigenvalue weighted by Gasteiger charge is -2.14. The van der Waals surface area contributed by atoms with Crippen LogP contribution in [-0.2, 0) is 18.4 Å². The second-order valence-electron chi connectivity index (χ2n) is 2.63. The molecule has 0 radical (unpaired) electrons. The van der Waals surface area contributed by atoms with Gasteiger partial charge in [0.25, 0.3) is 0 Å². The number of hydrogen-bond donors (Lipinski definition) is 0. The van der Waals surface area contributed by atoms with Gasteiger partial charge < -0.3 is 8.94 Å². The van der Waals surface area contributed by atoms with E-state index >= 15 is 0 Å². The van der Waals surface area contributed by atoms with Crippen LogP contribution in [0, 0.1) is 0 Å². The zero-order valence-electron chi connectivity index (χ0n) is 7.88. The molecular formula is C8H11O5P. The summed E-state index contributed by atoms with van der Waals surface area (Å²) >= 11 is 0. The molecule has 0 N–H and O–H groups in total. The van der Waals surface area contributed by atoms with Gasteiger partial charge in [0.1, 0.15) is 5.76 Å². The molecule has 0 aliphatic heterocycles. The summed E-state index contributed by atoms with van der Waals surface area (Å²) < 4.78 is 25.9. The summed E-state index contributed by atoms with van der Waals surface area (Å²) in [5, 5.41) is 0. The third-order valence-corrected chi connectivity index (χ3v) is 2.86. The van der Waals surface area contributed by atoms with E-state index in [-0.39, 0.29) is 0 Å². The molecule has 1 rings (SSSR count). The van der Waals surface area contributed by atoms with Crippen molar-refractivity contribution in [3.63, 3.8) is 0 Å². The quantitative estimate of drug-likeness (QED) is 0.558. The number of rotatable bonds is 5. The Kier molecular flexibility index (Phi) is 3.63. The van der Waals surface area contributed by atoms with E-state index in [4.69, 9.17) is 8.94 Å². The normalized spacial score (nSPS) is 17.3. The highest BCUT2D eigenvalue weighted by molar-refractivity contribution is 7.52. The van der Waals surface area contributed by atoms with E-state index in [1.54, 1.807) is 12.1 Å². The van der Waals surface area contributed by atoms with Crippen molar-refractivity contribution in [3.05, 3.63) is 24.2 Å². The fraction of sp³-hybridized carbons (Fsp3) is 0.375. The monoisotopic (exact) mass is 218 g/mol. The smallest absolute Gasteiger partial charge is 0.328 e. The van der Waals surface area contributed by atoms with Crippen molar-refractivity contribution in [1.82, 2.24) is 0 Å². The van der Waals surface area contributed by atoms with Crippen LogP contribution in [0.2, 0.25) is 0 Å². The van der Waals surface area contributed by atoms with Crippen LogP contribution >= 0.6 is 7.60 Å². The molecule has 1 heterocycles. The minimum absolute atomic E-state index is 0.305. The van der Waals surface area contributed by atoms with Gasteiger partial charge in [-0.1, -0.05) is 0 Å². The van der Waals surface area contributed by atoms with Gasteiger partial charge in [-0.25, -0.2) is 0 Å². The van der Waals surface area contributed by atoms with Crippen molar-refractivity contribution < 1.29 is 22.8 Å². The lowest BCUT2D eigenvalue weighted by molar-refractivity contribution is -0.114. The summed E-state index contributed by atoms with van der Waals surface area (Å²) in [6.45, 7) is 1.28. The van der Waals surface area contributed by atoms with Gasteiger partial charge in [-0.15, -0.1) is 0 Å². The lowest BCUT2D eigenvalue weighted by Crippen LogP contribution is -2.03. The van der Waals surface area contributed by atoms with Crippen LogP contribution in [0.15, 0.2) is 22.8 Å². The summed E-state index contributed by atoms with van der Waals surface area (Å²) in [5.41, 5.74) is 0. The van der Waals surface area contributed by atoms with Gasteiger partial charge in [0.2, 0.25) is 0 Å². The number of carbonyl (C=O) groups is 1. The van der Waals surface area contributed by atoms with Crippen LogP contribution in [0.25, 0.3) is 0 Å². The molecule has 2 unspecified atom stereocenters. The van der Waals surface area contributed by atoms with E-state index in [1.165, 1.54) is 20.0 Å². The van der Waals surface area contributed by atoms with Crippen molar-refractivity contribution >= 4 is 13.9 Å². The van der Waals surface area contributed by atoms with Gasteiger partial charge in [0, 0.05) is 13.8 Å². The van der Waals surface area contributed by atoms with Gasteiger partial charge in [-0.2, -0.15) is 0 Å². The number of carbonyl (C=O) groups excluding carboxylic acids is 1. The van der Waals surface area contributed by atoms with Crippen molar-refractivity contribution in [2.24, 2.45) is 0 Å². The Bertz CT molecular complexity index is 332. The van der Waals surface area contributed by atoms with Crippen LogP contribution < -0.4 is 0 Å². The van der Waals surface area contributed by atoms with Crippen LogP contribution in [0.3, 0.4) is 0 Å². The van der Waals surface area contributed by atoms with Crippen LogP contribution in [0.4, 0.5) is 0 Å². The highest BCUT2D eigenvalue weighted by Gasteiger charge is 2.24. The molecule has 0 amide bonds. The largest absolute Gasteiger partial charge is 0.466 e. The third kappa shape index (κ3) is 2.80. The minimum Gasteiger partial charge on any atom is -0.466 e. The first-order chi connectivity index (χ1) is 6.59. The molecule has 0 aliphatic carbocycles. The Morgan fingerprint density at radius 1 is 1.64 bits per heavy atom. The van der Waals surface area contributed by atoms with Gasteiger partial charge in [-0.3, -0.25) is 13.9 Å². The standard InChI is InChI=1S/C8H11O5P/c1-11-14(2,10)13-8(6-9)7-4-3-5-12-7/h3-6,8H,1-2H3. The van der Waals surface area contributed by atoms with Crippen molar-refractivity contribution in [2.45, 2.75) is 6.10 Å². The first-order valence-corrected chi connectivity index (χ1v) is 5.88. The van der Waals surface area contributed by atoms with E-state index < -0.39 is 13.7 Å². The fourth-order valence-corrected chi connectivity index (χ4v) is 1.50. The summed E-state index contributed by atoms with van der Waals surface area (Å²) in [5.74, 6) is 0.305. The zero-order valence-corrected chi connectivity index (χ0v) is 8.77. The number of furan rings is 1. The maximum atomic E-state index is 11.4. The Balaban J connectivity index is 2.75. The molecule has 2 atom stereocenters. The molecule has 0 aliphatic rings. The van der Waals surface area contributed by atoms with E-state index in [0.717, 1.165) is 0 Å². The van der Waals surface area contributed by atoms with Crippen LogP contribution in [0.1, 0.15) is 11.9 Å². The van der Waals surface area contributed by atoms with Gasteiger partial charge >= 0.3 is 7.60 Å². The van der Waals surface area contributed by atoms with Crippen LogP contribution in [0.5, 0.6) is 0 Å². The molecule has 6 heteroatoms. The first-order valence-electron chi connectivity index (χ1n) is 3.89.